The Morgan fingerprint density at radius 2 is 2.08 bits per heavy atom. The molecule has 1 aliphatic carbocycles. The van der Waals surface area contributed by atoms with Crippen molar-refractivity contribution in [2.75, 3.05) is 0 Å². The molecular formula is C11H20O. The molecule has 0 radical (unpaired) electrons. The van der Waals surface area contributed by atoms with E-state index < -0.39 is 0 Å². The van der Waals surface area contributed by atoms with Gasteiger partial charge in [0.2, 0.25) is 0 Å². The van der Waals surface area contributed by atoms with Gasteiger partial charge in [0.15, 0.2) is 0 Å². The van der Waals surface area contributed by atoms with Crippen LogP contribution in [-0.4, -0.2) is 11.2 Å². The van der Waals surface area contributed by atoms with Crippen LogP contribution in [0.25, 0.3) is 0 Å². The summed E-state index contributed by atoms with van der Waals surface area (Å²) in [6, 6.07) is 0. The normalized spacial score (nSPS) is 21.7. The summed E-state index contributed by atoms with van der Waals surface area (Å²) in [6.07, 6.45) is 6.58. The average Bonchev–Trinajstić information content (AvgIpc) is 2.80. The predicted octanol–water partition coefficient (Wildman–Crippen LogP) is 2.89. The van der Waals surface area contributed by atoms with E-state index in [1.807, 2.05) is 0 Å². The Hall–Kier alpha value is -0.300. The zero-order chi connectivity index (χ0) is 9.19. The Labute approximate surface area is 75.5 Å². The summed E-state index contributed by atoms with van der Waals surface area (Å²) in [7, 11) is 0. The standard InChI is InChI=1S/C11H20O/c1-4-10(12)11(7-8-11)6-5-9(2)3/h5,10,12H,4,6-8H2,1-3H3. The van der Waals surface area contributed by atoms with Gasteiger partial charge in [0.05, 0.1) is 6.10 Å². The van der Waals surface area contributed by atoms with Crippen molar-refractivity contribution in [1.82, 2.24) is 0 Å². The first-order valence-electron chi connectivity index (χ1n) is 4.92. The first-order valence-corrected chi connectivity index (χ1v) is 4.92. The lowest BCUT2D eigenvalue weighted by Crippen LogP contribution is -2.20. The van der Waals surface area contributed by atoms with Gasteiger partial charge in [0, 0.05) is 0 Å². The minimum atomic E-state index is -0.0758. The molecule has 1 unspecified atom stereocenters. The second-order valence-corrected chi connectivity index (χ2v) is 4.27. The van der Waals surface area contributed by atoms with Gasteiger partial charge in [-0.05, 0) is 44.9 Å². The lowest BCUT2D eigenvalue weighted by atomic mass is 9.92. The molecule has 0 spiro atoms. The quantitative estimate of drug-likeness (QED) is 0.640. The van der Waals surface area contributed by atoms with E-state index in [2.05, 4.69) is 26.8 Å². The molecule has 0 saturated heterocycles. The summed E-state index contributed by atoms with van der Waals surface area (Å²) in [6.45, 7) is 6.30. The number of rotatable bonds is 4. The summed E-state index contributed by atoms with van der Waals surface area (Å²) in [5.74, 6) is 0. The SMILES string of the molecule is CCC(O)C1(CC=C(C)C)CC1. The van der Waals surface area contributed by atoms with Gasteiger partial charge in [-0.3, -0.25) is 0 Å². The van der Waals surface area contributed by atoms with Crippen molar-refractivity contribution in [2.24, 2.45) is 5.41 Å². The van der Waals surface area contributed by atoms with Crippen LogP contribution in [0.1, 0.15) is 46.5 Å². The molecule has 0 heterocycles. The number of hydrogen-bond acceptors (Lipinski definition) is 1. The first-order chi connectivity index (χ1) is 5.60. The molecule has 1 atom stereocenters. The highest BCUT2D eigenvalue weighted by Gasteiger charge is 2.46. The molecule has 1 rings (SSSR count). The van der Waals surface area contributed by atoms with E-state index in [4.69, 9.17) is 0 Å². The van der Waals surface area contributed by atoms with Gasteiger partial charge in [-0.1, -0.05) is 18.6 Å². The van der Waals surface area contributed by atoms with Gasteiger partial charge in [-0.2, -0.15) is 0 Å². The van der Waals surface area contributed by atoms with Gasteiger partial charge in [-0.25, -0.2) is 0 Å². The van der Waals surface area contributed by atoms with Crippen molar-refractivity contribution < 1.29 is 5.11 Å². The maximum Gasteiger partial charge on any atom is 0.0596 e. The van der Waals surface area contributed by atoms with Crippen molar-refractivity contribution >= 4 is 0 Å². The van der Waals surface area contributed by atoms with E-state index in [0.717, 1.165) is 12.8 Å². The monoisotopic (exact) mass is 168 g/mol. The maximum atomic E-state index is 9.73. The molecule has 1 saturated carbocycles. The zero-order valence-electron chi connectivity index (χ0n) is 8.43. The first kappa shape index (κ1) is 9.79. The summed E-state index contributed by atoms with van der Waals surface area (Å²) in [5, 5.41) is 9.73. The van der Waals surface area contributed by atoms with Gasteiger partial charge in [0.25, 0.3) is 0 Å². The molecule has 70 valence electrons. The minimum absolute atomic E-state index is 0.0758. The summed E-state index contributed by atoms with van der Waals surface area (Å²) in [5.41, 5.74) is 1.64. The second kappa shape index (κ2) is 3.61. The molecular weight excluding hydrogens is 148 g/mol. The number of hydrogen-bond donors (Lipinski definition) is 1. The molecule has 1 aliphatic rings. The number of allylic oxidation sites excluding steroid dienone is 2. The van der Waals surface area contributed by atoms with Crippen molar-refractivity contribution in [3.8, 4) is 0 Å². The summed E-state index contributed by atoms with van der Waals surface area (Å²) >= 11 is 0. The molecule has 0 aromatic heterocycles. The smallest absolute Gasteiger partial charge is 0.0596 e. The third-order valence-corrected chi connectivity index (χ3v) is 2.90. The highest BCUT2D eigenvalue weighted by atomic mass is 16.3. The van der Waals surface area contributed by atoms with Gasteiger partial charge < -0.3 is 5.11 Å². The molecule has 1 nitrogen and oxygen atoms in total. The van der Waals surface area contributed by atoms with Crippen molar-refractivity contribution in [1.29, 1.82) is 0 Å². The van der Waals surface area contributed by atoms with E-state index in [1.165, 1.54) is 18.4 Å². The lowest BCUT2D eigenvalue weighted by Gasteiger charge is -2.19. The fourth-order valence-electron chi connectivity index (χ4n) is 1.67. The fraction of sp³-hybridized carbons (Fsp3) is 0.818. The molecule has 0 aromatic rings. The maximum absolute atomic E-state index is 9.73. The van der Waals surface area contributed by atoms with Crippen LogP contribution in [0.2, 0.25) is 0 Å². The molecule has 1 heteroatoms. The van der Waals surface area contributed by atoms with Crippen LogP contribution in [0.3, 0.4) is 0 Å². The largest absolute Gasteiger partial charge is 0.393 e. The second-order valence-electron chi connectivity index (χ2n) is 4.27. The molecule has 0 amide bonds. The van der Waals surface area contributed by atoms with Crippen molar-refractivity contribution in [3.63, 3.8) is 0 Å². The van der Waals surface area contributed by atoms with E-state index >= 15 is 0 Å². The van der Waals surface area contributed by atoms with Crippen LogP contribution in [0, 0.1) is 5.41 Å². The molecule has 0 aliphatic heterocycles. The molecule has 1 fully saturated rings. The molecule has 1 N–H and O–H groups in total. The van der Waals surface area contributed by atoms with Gasteiger partial charge in [0.1, 0.15) is 0 Å². The van der Waals surface area contributed by atoms with E-state index in [1.54, 1.807) is 0 Å². The zero-order valence-corrected chi connectivity index (χ0v) is 8.43. The Morgan fingerprint density at radius 3 is 2.42 bits per heavy atom. The van der Waals surface area contributed by atoms with Crippen LogP contribution >= 0.6 is 0 Å². The highest BCUT2D eigenvalue weighted by molar-refractivity contribution is 5.06. The number of aliphatic hydroxyl groups is 1. The third-order valence-electron chi connectivity index (χ3n) is 2.90. The Balaban J connectivity index is 2.45. The van der Waals surface area contributed by atoms with Gasteiger partial charge >= 0.3 is 0 Å². The van der Waals surface area contributed by atoms with Crippen LogP contribution in [-0.2, 0) is 0 Å². The van der Waals surface area contributed by atoms with Crippen LogP contribution < -0.4 is 0 Å². The van der Waals surface area contributed by atoms with E-state index in [0.29, 0.717) is 0 Å². The Kier molecular flexibility index (Phi) is 2.94. The van der Waals surface area contributed by atoms with Crippen molar-refractivity contribution in [2.45, 2.75) is 52.6 Å². The molecule has 12 heavy (non-hydrogen) atoms. The third kappa shape index (κ3) is 2.10. The van der Waals surface area contributed by atoms with Crippen LogP contribution in [0.4, 0.5) is 0 Å². The number of aliphatic hydroxyl groups excluding tert-OH is 1. The van der Waals surface area contributed by atoms with E-state index in [9.17, 15) is 5.11 Å². The summed E-state index contributed by atoms with van der Waals surface area (Å²) in [4.78, 5) is 0. The highest BCUT2D eigenvalue weighted by Crippen LogP contribution is 2.52. The molecule has 0 aromatic carbocycles. The van der Waals surface area contributed by atoms with Gasteiger partial charge in [-0.15, -0.1) is 0 Å². The predicted molar refractivity (Wildman–Crippen MR) is 52.0 cm³/mol. The fourth-order valence-corrected chi connectivity index (χ4v) is 1.67. The Morgan fingerprint density at radius 1 is 1.50 bits per heavy atom. The van der Waals surface area contributed by atoms with Crippen LogP contribution in [0.5, 0.6) is 0 Å². The van der Waals surface area contributed by atoms with Crippen molar-refractivity contribution in [3.05, 3.63) is 11.6 Å². The Bertz CT molecular complexity index is 173. The van der Waals surface area contributed by atoms with E-state index in [-0.39, 0.29) is 11.5 Å². The molecule has 0 bridgehead atoms. The minimum Gasteiger partial charge on any atom is -0.393 e. The lowest BCUT2D eigenvalue weighted by molar-refractivity contribution is 0.0902. The summed E-state index contributed by atoms with van der Waals surface area (Å²) < 4.78 is 0. The topological polar surface area (TPSA) is 20.2 Å². The van der Waals surface area contributed by atoms with Crippen LogP contribution in [0.15, 0.2) is 11.6 Å². The average molecular weight is 168 g/mol.